The predicted molar refractivity (Wildman–Crippen MR) is 87.6 cm³/mol. The van der Waals surface area contributed by atoms with Crippen LogP contribution in [0.4, 0.5) is 0 Å². The van der Waals surface area contributed by atoms with Crippen molar-refractivity contribution in [3.8, 4) is 17.2 Å². The second kappa shape index (κ2) is 5.51. The quantitative estimate of drug-likeness (QED) is 0.679. The highest BCUT2D eigenvalue weighted by atomic mass is 16.3. The highest BCUT2D eigenvalue weighted by Crippen LogP contribution is 2.27. The zero-order valence-corrected chi connectivity index (χ0v) is 12.5. The molecule has 5 nitrogen and oxygen atoms in total. The summed E-state index contributed by atoms with van der Waals surface area (Å²) < 4.78 is 0. The highest BCUT2D eigenvalue weighted by molar-refractivity contribution is 5.82. The molecule has 1 fully saturated rings. The van der Waals surface area contributed by atoms with E-state index < -0.39 is 6.10 Å². The average molecular weight is 304 g/mol. The molecule has 5 heteroatoms. The van der Waals surface area contributed by atoms with Gasteiger partial charge in [0.2, 0.25) is 0 Å². The van der Waals surface area contributed by atoms with E-state index in [0.29, 0.717) is 5.56 Å². The molecule has 1 aromatic heterocycles. The molecule has 1 saturated heterocycles. The third-order valence-corrected chi connectivity index (χ3v) is 4.33. The lowest BCUT2D eigenvalue weighted by molar-refractivity contribution is 0.157. The van der Waals surface area contributed by atoms with Crippen LogP contribution in [-0.2, 0) is 0 Å². The Bertz CT molecular complexity index is 892. The molecule has 114 valence electrons. The molecule has 0 radical (unpaired) electrons. The second-order valence-electron chi connectivity index (χ2n) is 5.83. The molecule has 2 atom stereocenters. The van der Waals surface area contributed by atoms with Crippen molar-refractivity contribution < 1.29 is 5.11 Å². The highest BCUT2D eigenvalue weighted by Gasteiger charge is 2.28. The van der Waals surface area contributed by atoms with Gasteiger partial charge in [-0.05, 0) is 48.4 Å². The van der Waals surface area contributed by atoms with E-state index in [1.54, 1.807) is 0 Å². The van der Waals surface area contributed by atoms with Crippen LogP contribution in [0.25, 0.3) is 22.2 Å². The number of fused-ring (bicyclic) bond motifs is 1. The first-order chi connectivity index (χ1) is 11.2. The van der Waals surface area contributed by atoms with Crippen molar-refractivity contribution in [2.24, 2.45) is 0 Å². The number of H-pyrrole nitrogens is 1. The Morgan fingerprint density at radius 3 is 2.61 bits per heavy atom. The van der Waals surface area contributed by atoms with E-state index in [1.807, 2.05) is 42.5 Å². The van der Waals surface area contributed by atoms with Crippen LogP contribution < -0.4 is 5.32 Å². The Morgan fingerprint density at radius 2 is 1.91 bits per heavy atom. The van der Waals surface area contributed by atoms with Crippen LogP contribution in [0.2, 0.25) is 0 Å². The van der Waals surface area contributed by atoms with Gasteiger partial charge < -0.3 is 15.4 Å². The number of imidazole rings is 1. The molecule has 0 bridgehead atoms. The zero-order valence-electron chi connectivity index (χ0n) is 12.5. The number of hydrogen-bond acceptors (Lipinski definition) is 4. The van der Waals surface area contributed by atoms with E-state index in [0.717, 1.165) is 41.0 Å². The van der Waals surface area contributed by atoms with E-state index >= 15 is 0 Å². The molecule has 0 spiro atoms. The van der Waals surface area contributed by atoms with Crippen molar-refractivity contribution in [2.45, 2.75) is 18.6 Å². The summed E-state index contributed by atoms with van der Waals surface area (Å²) in [4.78, 5) is 7.92. The van der Waals surface area contributed by atoms with Crippen molar-refractivity contribution in [3.05, 3.63) is 53.9 Å². The molecule has 0 amide bonds. The van der Waals surface area contributed by atoms with Crippen LogP contribution >= 0.6 is 0 Å². The van der Waals surface area contributed by atoms with Gasteiger partial charge in [0, 0.05) is 0 Å². The Kier molecular flexibility index (Phi) is 3.34. The number of benzene rings is 2. The minimum Gasteiger partial charge on any atom is -0.391 e. The summed E-state index contributed by atoms with van der Waals surface area (Å²) in [5, 5.41) is 22.1. The molecule has 1 aliphatic rings. The number of nitrogens with zero attached hydrogens (tertiary/aromatic N) is 2. The van der Waals surface area contributed by atoms with E-state index in [-0.39, 0.29) is 6.04 Å². The Labute approximate surface area is 133 Å². The van der Waals surface area contributed by atoms with Crippen molar-refractivity contribution >= 4 is 11.0 Å². The number of nitriles is 1. The van der Waals surface area contributed by atoms with Crippen molar-refractivity contribution in [2.75, 3.05) is 6.54 Å². The minimum absolute atomic E-state index is 0.124. The van der Waals surface area contributed by atoms with Gasteiger partial charge in [-0.15, -0.1) is 0 Å². The number of aliphatic hydroxyl groups excluding tert-OH is 1. The van der Waals surface area contributed by atoms with Crippen molar-refractivity contribution in [1.29, 1.82) is 5.26 Å². The molecule has 0 saturated carbocycles. The van der Waals surface area contributed by atoms with Crippen LogP contribution in [0.3, 0.4) is 0 Å². The second-order valence-corrected chi connectivity index (χ2v) is 5.83. The normalized spacial score (nSPS) is 20.7. The van der Waals surface area contributed by atoms with Gasteiger partial charge >= 0.3 is 0 Å². The summed E-state index contributed by atoms with van der Waals surface area (Å²) in [6.45, 7) is 0.805. The van der Waals surface area contributed by atoms with Crippen LogP contribution in [0.1, 0.15) is 23.9 Å². The SMILES string of the molecule is N#Cc1ccc(-c2ccc3[nH]c([C@H]4NCC[C@@H]4O)nc3c2)cc1. The molecule has 2 heterocycles. The molecular weight excluding hydrogens is 288 g/mol. The Morgan fingerprint density at radius 1 is 1.13 bits per heavy atom. The molecule has 0 unspecified atom stereocenters. The standard InChI is InChI=1S/C18H16N4O/c19-10-11-1-3-12(4-2-11)13-5-6-14-15(9-13)22-18(21-14)17-16(23)7-8-20-17/h1-6,9,16-17,20,23H,7-8H2,(H,21,22)/t16-,17-/m0/s1. The fourth-order valence-corrected chi connectivity index (χ4v) is 3.06. The minimum atomic E-state index is -0.395. The van der Waals surface area contributed by atoms with Crippen LogP contribution in [0, 0.1) is 11.3 Å². The van der Waals surface area contributed by atoms with Crippen LogP contribution in [0.15, 0.2) is 42.5 Å². The number of aliphatic hydroxyl groups is 1. The van der Waals surface area contributed by atoms with E-state index in [1.165, 1.54) is 0 Å². The van der Waals surface area contributed by atoms with Gasteiger partial charge in [0.15, 0.2) is 0 Å². The van der Waals surface area contributed by atoms with Gasteiger partial charge in [-0.2, -0.15) is 5.26 Å². The van der Waals surface area contributed by atoms with Gasteiger partial charge in [-0.3, -0.25) is 0 Å². The summed E-state index contributed by atoms with van der Waals surface area (Å²) in [5.41, 5.74) is 4.59. The lowest BCUT2D eigenvalue weighted by Crippen LogP contribution is -2.22. The van der Waals surface area contributed by atoms with Crippen LogP contribution in [0.5, 0.6) is 0 Å². The first-order valence-electron chi connectivity index (χ1n) is 7.66. The Balaban J connectivity index is 1.71. The molecular formula is C18H16N4O. The van der Waals surface area contributed by atoms with Gasteiger partial charge in [-0.25, -0.2) is 4.98 Å². The summed E-state index contributed by atoms with van der Waals surface area (Å²) in [6, 6.07) is 15.6. The summed E-state index contributed by atoms with van der Waals surface area (Å²) in [5.74, 6) is 0.780. The largest absolute Gasteiger partial charge is 0.391 e. The molecule has 4 rings (SSSR count). The Hall–Kier alpha value is -2.68. The number of hydrogen-bond donors (Lipinski definition) is 3. The fourth-order valence-electron chi connectivity index (χ4n) is 3.06. The zero-order chi connectivity index (χ0) is 15.8. The third kappa shape index (κ3) is 2.48. The molecule has 3 N–H and O–H groups in total. The molecule has 2 aromatic carbocycles. The molecule has 3 aromatic rings. The van der Waals surface area contributed by atoms with Gasteiger partial charge in [0.1, 0.15) is 5.82 Å². The number of aromatic nitrogens is 2. The predicted octanol–water partition coefficient (Wildman–Crippen LogP) is 2.50. The number of aromatic amines is 1. The lowest BCUT2D eigenvalue weighted by Gasteiger charge is -2.10. The average Bonchev–Trinajstić information content (AvgIpc) is 3.19. The number of rotatable bonds is 2. The smallest absolute Gasteiger partial charge is 0.127 e. The first kappa shape index (κ1) is 13.9. The maximum absolute atomic E-state index is 10.0. The van der Waals surface area contributed by atoms with Crippen molar-refractivity contribution in [3.63, 3.8) is 0 Å². The topological polar surface area (TPSA) is 84.7 Å². The lowest BCUT2D eigenvalue weighted by atomic mass is 10.0. The molecule has 0 aliphatic carbocycles. The monoisotopic (exact) mass is 304 g/mol. The third-order valence-electron chi connectivity index (χ3n) is 4.33. The van der Waals surface area contributed by atoms with E-state index in [4.69, 9.17) is 5.26 Å². The maximum atomic E-state index is 10.0. The summed E-state index contributed by atoms with van der Waals surface area (Å²) in [6.07, 6.45) is 0.353. The van der Waals surface area contributed by atoms with Gasteiger partial charge in [-0.1, -0.05) is 18.2 Å². The summed E-state index contributed by atoms with van der Waals surface area (Å²) >= 11 is 0. The molecule has 23 heavy (non-hydrogen) atoms. The van der Waals surface area contributed by atoms with E-state index in [9.17, 15) is 5.11 Å². The van der Waals surface area contributed by atoms with Gasteiger partial charge in [0.05, 0.1) is 34.8 Å². The van der Waals surface area contributed by atoms with Crippen LogP contribution in [-0.4, -0.2) is 27.7 Å². The van der Waals surface area contributed by atoms with Gasteiger partial charge in [0.25, 0.3) is 0 Å². The summed E-state index contributed by atoms with van der Waals surface area (Å²) in [7, 11) is 0. The van der Waals surface area contributed by atoms with E-state index in [2.05, 4.69) is 21.4 Å². The maximum Gasteiger partial charge on any atom is 0.127 e. The van der Waals surface area contributed by atoms with Crippen molar-refractivity contribution in [1.82, 2.24) is 15.3 Å². The first-order valence-corrected chi connectivity index (χ1v) is 7.66. The fraction of sp³-hybridized carbons (Fsp3) is 0.222. The number of nitrogens with one attached hydrogen (secondary N) is 2. The molecule has 1 aliphatic heterocycles.